The van der Waals surface area contributed by atoms with E-state index in [0.717, 1.165) is 11.3 Å². The number of hydrogen-bond donors (Lipinski definition) is 2. The van der Waals surface area contributed by atoms with Gasteiger partial charge in [0.25, 0.3) is 0 Å². The molecule has 1 atom stereocenters. The Morgan fingerprint density at radius 3 is 2.74 bits per heavy atom. The topological polar surface area (TPSA) is 72.5 Å². The molecule has 0 heterocycles. The molecule has 3 N–H and O–H groups in total. The van der Waals surface area contributed by atoms with Crippen molar-refractivity contribution in [2.45, 2.75) is 30.4 Å². The third kappa shape index (κ3) is 4.30. The van der Waals surface area contributed by atoms with Crippen molar-refractivity contribution >= 4 is 29.3 Å². The predicted octanol–water partition coefficient (Wildman–Crippen LogP) is 2.77. The molecule has 1 aromatic carbocycles. The van der Waals surface area contributed by atoms with Crippen LogP contribution in [0.2, 0.25) is 5.02 Å². The number of carbonyl (C=O) groups is 1. The molecule has 6 heteroatoms. The number of carboxylic acids is 1. The first-order valence-corrected chi connectivity index (χ1v) is 7.09. The lowest BCUT2D eigenvalue weighted by molar-refractivity contribution is -0.139. The van der Waals surface area contributed by atoms with Crippen molar-refractivity contribution in [3.05, 3.63) is 28.8 Å². The van der Waals surface area contributed by atoms with E-state index in [9.17, 15) is 4.79 Å². The van der Waals surface area contributed by atoms with Gasteiger partial charge in [-0.3, -0.25) is 4.79 Å². The van der Waals surface area contributed by atoms with E-state index in [1.54, 1.807) is 19.2 Å². The Labute approximate surface area is 122 Å². The SMILES string of the molecule is COc1ccc(Cl)cc1CSC(C)(C)[C@@H](N)C(=O)O. The van der Waals surface area contributed by atoms with Gasteiger partial charge in [0.05, 0.1) is 7.11 Å². The Morgan fingerprint density at radius 1 is 1.58 bits per heavy atom. The molecule has 1 aromatic rings. The fourth-order valence-corrected chi connectivity index (χ4v) is 2.74. The average molecular weight is 304 g/mol. The van der Waals surface area contributed by atoms with Crippen molar-refractivity contribution < 1.29 is 14.6 Å². The maximum atomic E-state index is 11.0. The zero-order valence-electron chi connectivity index (χ0n) is 11.1. The van der Waals surface area contributed by atoms with Crippen molar-refractivity contribution in [1.82, 2.24) is 0 Å². The average Bonchev–Trinajstić information content (AvgIpc) is 2.35. The zero-order valence-corrected chi connectivity index (χ0v) is 12.7. The first-order valence-electron chi connectivity index (χ1n) is 5.72. The highest BCUT2D eigenvalue weighted by molar-refractivity contribution is 7.99. The molecule has 0 unspecified atom stereocenters. The van der Waals surface area contributed by atoms with Crippen LogP contribution >= 0.6 is 23.4 Å². The van der Waals surface area contributed by atoms with E-state index in [4.69, 9.17) is 27.2 Å². The van der Waals surface area contributed by atoms with Crippen LogP contribution in [0.1, 0.15) is 19.4 Å². The van der Waals surface area contributed by atoms with Crippen molar-refractivity contribution in [3.8, 4) is 5.75 Å². The van der Waals surface area contributed by atoms with Crippen LogP contribution in [-0.2, 0) is 10.5 Å². The van der Waals surface area contributed by atoms with Gasteiger partial charge in [-0.15, -0.1) is 11.8 Å². The molecule has 4 nitrogen and oxygen atoms in total. The summed E-state index contributed by atoms with van der Waals surface area (Å²) in [5.74, 6) is 0.310. The quantitative estimate of drug-likeness (QED) is 0.845. The van der Waals surface area contributed by atoms with Gasteiger partial charge in [-0.05, 0) is 32.0 Å². The predicted molar refractivity (Wildman–Crippen MR) is 79.0 cm³/mol. The molecule has 0 aliphatic rings. The molecular formula is C13H18ClNO3S. The van der Waals surface area contributed by atoms with E-state index < -0.39 is 16.8 Å². The standard InChI is InChI=1S/C13H18ClNO3S/c1-13(2,11(15)12(16)17)19-7-8-6-9(14)4-5-10(8)18-3/h4-6,11H,7,15H2,1-3H3,(H,16,17)/t11-/m0/s1. The van der Waals surface area contributed by atoms with Gasteiger partial charge in [-0.2, -0.15) is 0 Å². The number of hydrogen-bond acceptors (Lipinski definition) is 4. The first kappa shape index (κ1) is 16.1. The van der Waals surface area contributed by atoms with Crippen molar-refractivity contribution in [3.63, 3.8) is 0 Å². The summed E-state index contributed by atoms with van der Waals surface area (Å²) in [4.78, 5) is 11.0. The maximum Gasteiger partial charge on any atom is 0.321 e. The lowest BCUT2D eigenvalue weighted by Crippen LogP contribution is -2.46. The molecule has 0 bridgehead atoms. The summed E-state index contributed by atoms with van der Waals surface area (Å²) in [6.45, 7) is 3.63. The molecule has 0 aromatic heterocycles. The van der Waals surface area contributed by atoms with Gasteiger partial charge >= 0.3 is 5.97 Å². The van der Waals surface area contributed by atoms with E-state index in [0.29, 0.717) is 10.8 Å². The van der Waals surface area contributed by atoms with Crippen LogP contribution in [0.25, 0.3) is 0 Å². The van der Waals surface area contributed by atoms with E-state index in [1.165, 1.54) is 11.8 Å². The Morgan fingerprint density at radius 2 is 2.21 bits per heavy atom. The molecule has 0 aliphatic heterocycles. The highest BCUT2D eigenvalue weighted by Gasteiger charge is 2.32. The lowest BCUT2D eigenvalue weighted by atomic mass is 10.1. The summed E-state index contributed by atoms with van der Waals surface area (Å²) in [5, 5.41) is 9.60. The second-order valence-corrected chi connectivity index (χ2v) is 6.73. The van der Waals surface area contributed by atoms with Crippen LogP contribution in [0.5, 0.6) is 5.75 Å². The van der Waals surface area contributed by atoms with Gasteiger partial charge in [0.15, 0.2) is 0 Å². The van der Waals surface area contributed by atoms with Crippen LogP contribution in [0.3, 0.4) is 0 Å². The molecular weight excluding hydrogens is 286 g/mol. The Kier molecular flexibility index (Phi) is 5.52. The summed E-state index contributed by atoms with van der Waals surface area (Å²) in [7, 11) is 1.59. The van der Waals surface area contributed by atoms with Gasteiger partial charge < -0.3 is 15.6 Å². The molecule has 0 radical (unpaired) electrons. The van der Waals surface area contributed by atoms with E-state index in [-0.39, 0.29) is 0 Å². The van der Waals surface area contributed by atoms with Crippen LogP contribution < -0.4 is 10.5 Å². The zero-order chi connectivity index (χ0) is 14.6. The van der Waals surface area contributed by atoms with Gasteiger partial charge in [-0.1, -0.05) is 11.6 Å². The minimum Gasteiger partial charge on any atom is -0.496 e. The number of aliphatic carboxylic acids is 1. The second-order valence-electron chi connectivity index (χ2n) is 4.66. The summed E-state index contributed by atoms with van der Waals surface area (Å²) in [5.41, 5.74) is 6.60. The number of halogens is 1. The number of rotatable bonds is 6. The van der Waals surface area contributed by atoms with Crippen molar-refractivity contribution in [2.24, 2.45) is 5.73 Å². The molecule has 19 heavy (non-hydrogen) atoms. The first-order chi connectivity index (χ1) is 8.77. The molecule has 0 aliphatic carbocycles. The van der Waals surface area contributed by atoms with Gasteiger partial charge in [-0.25, -0.2) is 0 Å². The molecule has 0 spiro atoms. The second kappa shape index (κ2) is 6.50. The Bertz CT molecular complexity index is 465. The minimum atomic E-state index is -1.00. The van der Waals surface area contributed by atoms with Gasteiger partial charge in [0, 0.05) is 21.1 Å². The Balaban J connectivity index is 2.81. The number of nitrogens with two attached hydrogens (primary N) is 1. The summed E-state index contributed by atoms with van der Waals surface area (Å²) >= 11 is 7.42. The highest BCUT2D eigenvalue weighted by atomic mass is 35.5. The third-order valence-electron chi connectivity index (χ3n) is 2.86. The molecule has 106 valence electrons. The number of thioether (sulfide) groups is 1. The van der Waals surface area contributed by atoms with Crippen LogP contribution in [-0.4, -0.2) is 29.0 Å². The number of ether oxygens (including phenoxy) is 1. The summed E-state index contributed by atoms with van der Waals surface area (Å²) in [6.07, 6.45) is 0. The van der Waals surface area contributed by atoms with E-state index in [1.807, 2.05) is 19.9 Å². The summed E-state index contributed by atoms with van der Waals surface area (Å²) < 4.78 is 4.67. The number of carboxylic acid groups (broad SMARTS) is 1. The van der Waals surface area contributed by atoms with Crippen LogP contribution in [0.4, 0.5) is 0 Å². The van der Waals surface area contributed by atoms with Gasteiger partial charge in [0.1, 0.15) is 11.8 Å². The number of methoxy groups -OCH3 is 1. The van der Waals surface area contributed by atoms with E-state index >= 15 is 0 Å². The van der Waals surface area contributed by atoms with E-state index in [2.05, 4.69) is 0 Å². The highest BCUT2D eigenvalue weighted by Crippen LogP contribution is 2.34. The third-order valence-corrected chi connectivity index (χ3v) is 4.55. The maximum absolute atomic E-state index is 11.0. The molecule has 0 fully saturated rings. The van der Waals surface area contributed by atoms with Crippen molar-refractivity contribution in [2.75, 3.05) is 7.11 Å². The van der Waals surface area contributed by atoms with Crippen LogP contribution in [0.15, 0.2) is 18.2 Å². The molecule has 0 saturated heterocycles. The summed E-state index contributed by atoms with van der Waals surface area (Å²) in [6, 6.07) is 4.43. The monoisotopic (exact) mass is 303 g/mol. The van der Waals surface area contributed by atoms with Crippen LogP contribution in [0, 0.1) is 0 Å². The van der Waals surface area contributed by atoms with Gasteiger partial charge in [0.2, 0.25) is 0 Å². The fourth-order valence-electron chi connectivity index (χ4n) is 1.51. The smallest absolute Gasteiger partial charge is 0.321 e. The fraction of sp³-hybridized carbons (Fsp3) is 0.462. The van der Waals surface area contributed by atoms with Crippen molar-refractivity contribution in [1.29, 1.82) is 0 Å². The minimum absolute atomic E-state index is 0.581. The normalized spacial score (nSPS) is 13.1. The largest absolute Gasteiger partial charge is 0.496 e. The lowest BCUT2D eigenvalue weighted by Gasteiger charge is -2.28. The molecule has 1 rings (SSSR count). The Hall–Kier alpha value is -0.910. The molecule has 0 saturated carbocycles. The molecule has 0 amide bonds. The number of benzene rings is 1.